The van der Waals surface area contributed by atoms with Gasteiger partial charge in [-0.2, -0.15) is 0 Å². The van der Waals surface area contributed by atoms with Crippen LogP contribution in [0, 0.1) is 12.3 Å². The molecule has 0 heterocycles. The van der Waals surface area contributed by atoms with Crippen molar-refractivity contribution in [2.24, 2.45) is 0 Å². The second kappa shape index (κ2) is 2.23. The van der Waals surface area contributed by atoms with Crippen molar-refractivity contribution in [3.05, 3.63) is 35.6 Å². The van der Waals surface area contributed by atoms with Gasteiger partial charge in [0.05, 0.1) is 0 Å². The molecule has 0 amide bonds. The maximum absolute atomic E-state index is 10.2. The quantitative estimate of drug-likeness (QED) is 0.332. The van der Waals surface area contributed by atoms with Crippen LogP contribution in [0.2, 0.25) is 0 Å². The topological polar surface area (TPSA) is 23.1 Å². The number of hydrogen-bond donors (Lipinski definition) is 0. The first-order valence-electron chi connectivity index (χ1n) is 2.56. The Kier molecular flexibility index (Phi) is 1.42. The summed E-state index contributed by atoms with van der Waals surface area (Å²) in [7, 11) is 0. The Labute approximate surface area is 54.0 Å². The monoisotopic (exact) mass is 117 g/mol. The lowest BCUT2D eigenvalue weighted by atomic mass is 10.2. The highest BCUT2D eigenvalue weighted by atomic mass is 16.2. The van der Waals surface area contributed by atoms with Crippen LogP contribution in [0.25, 0.3) is 0 Å². The molecule has 1 aliphatic carbocycles. The van der Waals surface area contributed by atoms with Gasteiger partial charge in [0.1, 0.15) is 0 Å². The van der Waals surface area contributed by atoms with E-state index in [0.717, 1.165) is 6.26 Å². The predicted molar refractivity (Wildman–Crippen MR) is 34.1 cm³/mol. The first-order chi connectivity index (χ1) is 4.38. The maximum Gasteiger partial charge on any atom is 0.0302 e. The highest BCUT2D eigenvalue weighted by Gasteiger charge is 1.98. The van der Waals surface area contributed by atoms with E-state index in [4.69, 9.17) is 6.42 Å². The van der Waals surface area contributed by atoms with Crippen LogP contribution in [-0.2, 0) is 0 Å². The molecule has 1 nitrogen and oxygen atoms in total. The lowest BCUT2D eigenvalue weighted by molar-refractivity contribution is -0.275. The zero-order valence-electron chi connectivity index (χ0n) is 4.79. The molecule has 1 aliphatic rings. The molecule has 0 bridgehead atoms. The lowest BCUT2D eigenvalue weighted by Gasteiger charge is -1.97. The van der Waals surface area contributed by atoms with E-state index in [-0.39, 0.29) is 0 Å². The van der Waals surface area contributed by atoms with E-state index >= 15 is 0 Å². The number of hydrogen-bond acceptors (Lipinski definition) is 1. The normalized spacial score (nSPS) is 19.9. The van der Waals surface area contributed by atoms with Crippen molar-refractivity contribution in [1.29, 1.82) is 0 Å². The van der Waals surface area contributed by atoms with E-state index in [2.05, 4.69) is 5.92 Å². The molecule has 0 N–H and O–H groups in total. The number of rotatable bonds is 0. The third-order valence-corrected chi connectivity index (χ3v) is 1.13. The van der Waals surface area contributed by atoms with Crippen LogP contribution in [0.3, 0.4) is 0 Å². The summed E-state index contributed by atoms with van der Waals surface area (Å²) >= 11 is 0. The Balaban J connectivity index is 2.95. The first kappa shape index (κ1) is 5.71. The molecule has 0 saturated carbocycles. The smallest absolute Gasteiger partial charge is 0.0302 e. The Morgan fingerprint density at radius 3 is 2.89 bits per heavy atom. The molecule has 9 heavy (non-hydrogen) atoms. The molecule has 0 radical (unpaired) electrons. The van der Waals surface area contributed by atoms with Crippen LogP contribution in [0.4, 0.5) is 0 Å². The van der Waals surface area contributed by atoms with E-state index in [0.29, 0.717) is 11.1 Å². The van der Waals surface area contributed by atoms with Gasteiger partial charge < -0.3 is 5.11 Å². The van der Waals surface area contributed by atoms with Gasteiger partial charge >= 0.3 is 0 Å². The van der Waals surface area contributed by atoms with Crippen LogP contribution >= 0.6 is 0 Å². The molecule has 0 spiro atoms. The summed E-state index contributed by atoms with van der Waals surface area (Å²) in [6, 6.07) is 0. The van der Waals surface area contributed by atoms with Gasteiger partial charge in [0.25, 0.3) is 0 Å². The van der Waals surface area contributed by atoms with Crippen LogP contribution in [0.5, 0.6) is 0 Å². The standard InChI is InChI=1S/C8H6O/c1-2-7-4-3-5-8(7)6-9/h1,3-6,9H/p-1/b8-6+. The Morgan fingerprint density at radius 2 is 2.44 bits per heavy atom. The summed E-state index contributed by atoms with van der Waals surface area (Å²) in [6.45, 7) is 0. The summed E-state index contributed by atoms with van der Waals surface area (Å²) in [4.78, 5) is 0. The Hall–Kier alpha value is -1.42. The van der Waals surface area contributed by atoms with E-state index in [9.17, 15) is 5.11 Å². The van der Waals surface area contributed by atoms with Gasteiger partial charge in [-0.25, -0.2) is 0 Å². The van der Waals surface area contributed by atoms with Crippen molar-refractivity contribution in [1.82, 2.24) is 0 Å². The molecule has 1 heteroatoms. The molecule has 0 aromatic carbocycles. The van der Waals surface area contributed by atoms with Crippen molar-refractivity contribution in [3.8, 4) is 12.3 Å². The summed E-state index contributed by atoms with van der Waals surface area (Å²) in [5, 5.41) is 10.2. The van der Waals surface area contributed by atoms with Gasteiger partial charge in [0.2, 0.25) is 0 Å². The van der Waals surface area contributed by atoms with Crippen LogP contribution < -0.4 is 5.11 Å². The zero-order valence-corrected chi connectivity index (χ0v) is 4.79. The third-order valence-electron chi connectivity index (χ3n) is 1.13. The molecule has 0 saturated heterocycles. The molecule has 0 atom stereocenters. The average molecular weight is 117 g/mol. The summed E-state index contributed by atoms with van der Waals surface area (Å²) in [6.07, 6.45) is 11.0. The fourth-order valence-corrected chi connectivity index (χ4v) is 0.668. The third kappa shape index (κ3) is 0.872. The Bertz CT molecular complexity index is 236. The SMILES string of the molecule is C#CC1=CC=C/C1=C\[O-]. The molecule has 0 fully saturated rings. The second-order valence-electron chi connectivity index (χ2n) is 1.66. The van der Waals surface area contributed by atoms with Gasteiger partial charge in [-0.1, -0.05) is 18.1 Å². The fraction of sp³-hybridized carbons (Fsp3) is 0. The summed E-state index contributed by atoms with van der Waals surface area (Å²) in [5.74, 6) is 2.40. The number of terminal acetylenes is 1. The molecule has 1 rings (SSSR count). The van der Waals surface area contributed by atoms with Crippen molar-refractivity contribution >= 4 is 0 Å². The van der Waals surface area contributed by atoms with Crippen molar-refractivity contribution < 1.29 is 5.11 Å². The Morgan fingerprint density at radius 1 is 1.67 bits per heavy atom. The zero-order chi connectivity index (χ0) is 6.69. The second-order valence-corrected chi connectivity index (χ2v) is 1.66. The average Bonchev–Trinajstić information content (AvgIpc) is 2.33. The van der Waals surface area contributed by atoms with Gasteiger partial charge in [-0.15, -0.1) is 12.7 Å². The van der Waals surface area contributed by atoms with Gasteiger partial charge in [-0.3, -0.25) is 0 Å². The minimum Gasteiger partial charge on any atom is -0.877 e. The number of allylic oxidation sites excluding steroid dienone is 5. The minimum atomic E-state index is 0.595. The van der Waals surface area contributed by atoms with Crippen LogP contribution in [0.15, 0.2) is 35.6 Å². The van der Waals surface area contributed by atoms with Crippen LogP contribution in [0.1, 0.15) is 0 Å². The van der Waals surface area contributed by atoms with E-state index in [1.54, 1.807) is 18.2 Å². The molecule has 0 aromatic rings. The highest BCUT2D eigenvalue weighted by molar-refractivity contribution is 5.55. The summed E-state index contributed by atoms with van der Waals surface area (Å²) < 4.78 is 0. The van der Waals surface area contributed by atoms with Gasteiger partial charge in [0.15, 0.2) is 0 Å². The van der Waals surface area contributed by atoms with E-state index in [1.165, 1.54) is 0 Å². The van der Waals surface area contributed by atoms with E-state index in [1.807, 2.05) is 0 Å². The highest BCUT2D eigenvalue weighted by Crippen LogP contribution is 2.14. The maximum atomic E-state index is 10.2. The van der Waals surface area contributed by atoms with E-state index < -0.39 is 0 Å². The van der Waals surface area contributed by atoms with Gasteiger partial charge in [-0.05, 0) is 11.6 Å². The lowest BCUT2D eigenvalue weighted by Crippen LogP contribution is -1.90. The van der Waals surface area contributed by atoms with Gasteiger partial charge in [0, 0.05) is 5.57 Å². The molecule has 0 aromatic heterocycles. The minimum absolute atomic E-state index is 0.595. The largest absolute Gasteiger partial charge is 0.877 e. The summed E-state index contributed by atoms with van der Waals surface area (Å²) in [5.41, 5.74) is 1.27. The first-order valence-corrected chi connectivity index (χ1v) is 2.56. The van der Waals surface area contributed by atoms with Crippen molar-refractivity contribution in [2.45, 2.75) is 0 Å². The molecule has 0 aliphatic heterocycles. The van der Waals surface area contributed by atoms with Crippen molar-refractivity contribution in [2.75, 3.05) is 0 Å². The molecular formula is C8H5O-. The molecule has 44 valence electrons. The van der Waals surface area contributed by atoms with Crippen molar-refractivity contribution in [3.63, 3.8) is 0 Å². The van der Waals surface area contributed by atoms with Crippen LogP contribution in [-0.4, -0.2) is 0 Å². The molecular weight excluding hydrogens is 112 g/mol. The fourth-order valence-electron chi connectivity index (χ4n) is 0.668. The predicted octanol–water partition coefficient (Wildman–Crippen LogP) is 0.360. The molecule has 0 unspecified atom stereocenters.